The Kier molecular flexibility index (Phi) is 4.77. The number of carbonyl (C=O) groups excluding carboxylic acids is 2. The van der Waals surface area contributed by atoms with Crippen LogP contribution in [0.1, 0.15) is 39.5 Å². The van der Waals surface area contributed by atoms with Gasteiger partial charge in [0, 0.05) is 11.1 Å². The molecule has 4 nitrogen and oxygen atoms in total. The topological polar surface area (TPSA) is 52.6 Å². The molecule has 2 unspecified atom stereocenters. The van der Waals surface area contributed by atoms with Gasteiger partial charge >= 0.3 is 11.9 Å². The summed E-state index contributed by atoms with van der Waals surface area (Å²) in [5, 5.41) is 0. The van der Waals surface area contributed by atoms with Gasteiger partial charge in [-0.1, -0.05) is 12.2 Å². The Morgan fingerprint density at radius 2 is 1.25 bits per heavy atom. The Hall–Kier alpha value is -1.84. The lowest BCUT2D eigenvalue weighted by molar-refractivity contribution is -0.146. The predicted octanol–water partition coefficient (Wildman–Crippen LogP) is 2.85. The molecular weight excluding hydrogens is 256 g/mol. The van der Waals surface area contributed by atoms with E-state index in [9.17, 15) is 9.59 Å². The average Bonchev–Trinajstić information content (AvgIpc) is 2.45. The molecule has 0 radical (unpaired) electrons. The molecule has 108 valence electrons. The first kappa shape index (κ1) is 14.6. The van der Waals surface area contributed by atoms with Gasteiger partial charge in [-0.05, 0) is 51.7 Å². The number of cyclic esters (lactones) is 2. The van der Waals surface area contributed by atoms with Crippen molar-refractivity contribution in [1.29, 1.82) is 0 Å². The molecular formula is C16H20O4. The highest BCUT2D eigenvalue weighted by Crippen LogP contribution is 2.23. The van der Waals surface area contributed by atoms with Gasteiger partial charge in [0.15, 0.2) is 0 Å². The third-order valence-corrected chi connectivity index (χ3v) is 3.67. The molecule has 2 aliphatic heterocycles. The number of hydrogen-bond acceptors (Lipinski definition) is 4. The van der Waals surface area contributed by atoms with Crippen molar-refractivity contribution in [3.8, 4) is 0 Å². The summed E-state index contributed by atoms with van der Waals surface area (Å²) in [6.45, 7) is 3.68. The first-order chi connectivity index (χ1) is 9.63. The van der Waals surface area contributed by atoms with Gasteiger partial charge in [-0.3, -0.25) is 0 Å². The average molecular weight is 276 g/mol. The van der Waals surface area contributed by atoms with E-state index in [1.54, 1.807) is 12.2 Å². The number of rotatable bonds is 2. The van der Waals surface area contributed by atoms with Gasteiger partial charge in [0.2, 0.25) is 0 Å². The minimum absolute atomic E-state index is 0.215. The summed E-state index contributed by atoms with van der Waals surface area (Å²) in [6, 6.07) is 0. The largest absolute Gasteiger partial charge is 0.455 e. The minimum atomic E-state index is -0.245. The molecule has 2 saturated heterocycles. The van der Waals surface area contributed by atoms with Crippen LogP contribution < -0.4 is 0 Å². The monoisotopic (exact) mass is 276 g/mol. The van der Waals surface area contributed by atoms with Crippen LogP contribution in [0.5, 0.6) is 0 Å². The third-order valence-electron chi connectivity index (χ3n) is 3.67. The lowest BCUT2D eigenvalue weighted by Crippen LogP contribution is -2.26. The van der Waals surface area contributed by atoms with Crippen molar-refractivity contribution in [2.24, 2.45) is 0 Å². The second-order valence-corrected chi connectivity index (χ2v) is 4.98. The van der Waals surface area contributed by atoms with E-state index in [0.29, 0.717) is 0 Å². The van der Waals surface area contributed by atoms with Crippen LogP contribution in [0, 0.1) is 0 Å². The van der Waals surface area contributed by atoms with Crippen LogP contribution in [-0.4, -0.2) is 24.1 Å². The van der Waals surface area contributed by atoms with Gasteiger partial charge in [0.1, 0.15) is 12.2 Å². The smallest absolute Gasteiger partial charge is 0.334 e. The van der Waals surface area contributed by atoms with E-state index in [1.165, 1.54) is 0 Å². The van der Waals surface area contributed by atoms with Crippen LogP contribution in [0.25, 0.3) is 0 Å². The van der Waals surface area contributed by atoms with Crippen LogP contribution in [0.3, 0.4) is 0 Å². The van der Waals surface area contributed by atoms with Gasteiger partial charge < -0.3 is 9.47 Å². The molecule has 0 amide bonds. The van der Waals surface area contributed by atoms with Gasteiger partial charge in [0.25, 0.3) is 0 Å². The maximum absolute atomic E-state index is 11.6. The first-order valence-electron chi connectivity index (χ1n) is 7.04. The predicted molar refractivity (Wildman–Crippen MR) is 74.9 cm³/mol. The molecule has 0 bridgehead atoms. The molecule has 0 spiro atoms. The Bertz CT molecular complexity index is 441. The van der Waals surface area contributed by atoms with Gasteiger partial charge in [-0.15, -0.1) is 0 Å². The number of ether oxygens (including phenoxy) is 2. The molecule has 4 heteroatoms. The summed E-state index contributed by atoms with van der Waals surface area (Å²) in [6.07, 6.45) is 9.86. The number of allylic oxidation sites excluding steroid dienone is 2. The van der Waals surface area contributed by atoms with Crippen LogP contribution in [0.15, 0.2) is 35.5 Å². The molecule has 0 saturated carbocycles. The summed E-state index contributed by atoms with van der Waals surface area (Å²) in [4.78, 5) is 23.2. The van der Waals surface area contributed by atoms with Crippen LogP contribution >= 0.6 is 0 Å². The second-order valence-electron chi connectivity index (χ2n) is 4.98. The summed E-state index contributed by atoms with van der Waals surface area (Å²) in [5.74, 6) is -0.490. The van der Waals surface area contributed by atoms with Crippen molar-refractivity contribution in [3.05, 3.63) is 35.5 Å². The number of esters is 2. The molecule has 0 aromatic carbocycles. The Labute approximate surface area is 119 Å². The fourth-order valence-corrected chi connectivity index (χ4v) is 2.39. The lowest BCUT2D eigenvalue weighted by Gasteiger charge is -2.24. The van der Waals surface area contributed by atoms with E-state index < -0.39 is 0 Å². The molecule has 2 atom stereocenters. The standard InChI is InChI=1S/C16H20O4/c1-3-11-5-7-13(19-15(11)17)9-10-14-8-6-12(4-2)16(18)20-14/h3-4,9-10,13-14H,5-8H2,1-2H3/b10-9+,11-3+,12-4+. The van der Waals surface area contributed by atoms with Gasteiger partial charge in [0.05, 0.1) is 0 Å². The van der Waals surface area contributed by atoms with E-state index in [0.717, 1.165) is 36.8 Å². The van der Waals surface area contributed by atoms with Crippen molar-refractivity contribution in [1.82, 2.24) is 0 Å². The number of carbonyl (C=O) groups is 2. The first-order valence-corrected chi connectivity index (χ1v) is 7.04. The summed E-state index contributed by atoms with van der Waals surface area (Å²) in [7, 11) is 0. The summed E-state index contributed by atoms with van der Waals surface area (Å²) < 4.78 is 10.6. The molecule has 2 rings (SSSR count). The molecule has 20 heavy (non-hydrogen) atoms. The van der Waals surface area contributed by atoms with Crippen LogP contribution in [0.2, 0.25) is 0 Å². The minimum Gasteiger partial charge on any atom is -0.455 e. The fourth-order valence-electron chi connectivity index (χ4n) is 2.39. The molecule has 0 aromatic rings. The molecule has 0 N–H and O–H groups in total. The van der Waals surface area contributed by atoms with Crippen LogP contribution in [-0.2, 0) is 19.1 Å². The molecule has 0 aromatic heterocycles. The normalized spacial score (nSPS) is 31.7. The Balaban J connectivity index is 1.88. The van der Waals surface area contributed by atoms with E-state index >= 15 is 0 Å². The molecule has 2 heterocycles. The zero-order chi connectivity index (χ0) is 14.5. The van der Waals surface area contributed by atoms with E-state index in [-0.39, 0.29) is 24.1 Å². The van der Waals surface area contributed by atoms with Crippen molar-refractivity contribution < 1.29 is 19.1 Å². The Morgan fingerprint density at radius 3 is 1.55 bits per heavy atom. The zero-order valence-electron chi connectivity index (χ0n) is 11.9. The molecule has 2 fully saturated rings. The third kappa shape index (κ3) is 3.38. The fraction of sp³-hybridized carbons (Fsp3) is 0.500. The van der Waals surface area contributed by atoms with Crippen molar-refractivity contribution in [2.45, 2.75) is 51.7 Å². The van der Waals surface area contributed by atoms with Crippen molar-refractivity contribution in [2.75, 3.05) is 0 Å². The lowest BCUT2D eigenvalue weighted by atomic mass is 10.0. The van der Waals surface area contributed by atoms with Crippen LogP contribution in [0.4, 0.5) is 0 Å². The summed E-state index contributed by atoms with van der Waals surface area (Å²) in [5.41, 5.74) is 1.47. The quantitative estimate of drug-likeness (QED) is 0.442. The highest BCUT2D eigenvalue weighted by atomic mass is 16.5. The SMILES string of the molecule is C/C=C1\CCC(/C=C/C2CC/C(=C\C)C(=O)O2)OC1=O. The van der Waals surface area contributed by atoms with Crippen molar-refractivity contribution >= 4 is 11.9 Å². The highest BCUT2D eigenvalue weighted by Gasteiger charge is 2.25. The molecule has 0 aliphatic carbocycles. The second kappa shape index (κ2) is 6.55. The van der Waals surface area contributed by atoms with Crippen molar-refractivity contribution in [3.63, 3.8) is 0 Å². The maximum Gasteiger partial charge on any atom is 0.334 e. The molecule has 2 aliphatic rings. The Morgan fingerprint density at radius 1 is 0.850 bits per heavy atom. The van der Waals surface area contributed by atoms with Gasteiger partial charge in [-0.25, -0.2) is 9.59 Å². The maximum atomic E-state index is 11.6. The highest BCUT2D eigenvalue weighted by molar-refractivity contribution is 5.89. The van der Waals surface area contributed by atoms with Gasteiger partial charge in [-0.2, -0.15) is 0 Å². The van der Waals surface area contributed by atoms with E-state index in [4.69, 9.17) is 9.47 Å². The van der Waals surface area contributed by atoms with E-state index in [2.05, 4.69) is 0 Å². The van der Waals surface area contributed by atoms with E-state index in [1.807, 2.05) is 26.0 Å². The number of hydrogen-bond donors (Lipinski definition) is 0. The summed E-state index contributed by atoms with van der Waals surface area (Å²) >= 11 is 0. The zero-order valence-corrected chi connectivity index (χ0v) is 11.9.